The number of nitrogens with zero attached hydrogens (tertiary/aromatic N) is 4. The van der Waals surface area contributed by atoms with E-state index >= 15 is 13.2 Å². The summed E-state index contributed by atoms with van der Waals surface area (Å²) in [5.74, 6) is -4.24. The van der Waals surface area contributed by atoms with Crippen LogP contribution in [0.1, 0.15) is 90.8 Å². The van der Waals surface area contributed by atoms with Gasteiger partial charge in [-0.15, -0.1) is 0 Å². The van der Waals surface area contributed by atoms with Crippen molar-refractivity contribution >= 4 is 52.1 Å². The van der Waals surface area contributed by atoms with Crippen LogP contribution in [0.5, 0.6) is 11.5 Å². The zero-order chi connectivity index (χ0) is 47.3. The number of carbonyl (C=O) groups excluding carboxylic acids is 4. The molecule has 1 saturated carbocycles. The highest BCUT2D eigenvalue weighted by atomic mass is 35.5. The Bertz CT molecular complexity index is 2780. The number of aryl methyl sites for hydroxylation is 1. The number of aromatic nitrogens is 2. The Labute approximate surface area is 389 Å². The van der Waals surface area contributed by atoms with Crippen LogP contribution in [0.15, 0.2) is 60.7 Å². The van der Waals surface area contributed by atoms with E-state index in [-0.39, 0.29) is 89.8 Å². The standard InChI is InChI=1S/C49H51ClF3N7O7/c1-26-38-36(24-34(52)42(50)41(38)40-31(45(54)63)13-15-35(43(40)53)66-23-22-61)67-49(26,29-6-4-3-5-7-29)25-55-30-10-8-28(9-11-30)47(64)59-19-16-27(17-20-59)39-33(51)14-12-32-44(39)58(2)57-46(32)60-21-18-37(62)56-48(60)65/h3-7,12-15,24,26-28,30,55,61H,8-11,16-23,25H2,1-2H3,(H2,54,63)(H,56,62,65). The molecule has 2 atom stereocenters. The Morgan fingerprint density at radius 1 is 0.970 bits per heavy atom. The smallest absolute Gasteiger partial charge is 0.329 e. The number of aliphatic hydroxyl groups excluding tert-OH is 1. The minimum absolute atomic E-state index is 0.00213. The summed E-state index contributed by atoms with van der Waals surface area (Å²) in [5.41, 5.74) is 6.18. The second kappa shape index (κ2) is 18.5. The predicted molar refractivity (Wildman–Crippen MR) is 244 cm³/mol. The van der Waals surface area contributed by atoms with Crippen molar-refractivity contribution in [2.45, 2.75) is 75.3 Å². The first-order valence-corrected chi connectivity index (χ1v) is 23.0. The molecular formula is C49H51ClF3N7O7. The number of amides is 5. The molecule has 3 fully saturated rings. The maximum atomic E-state index is 16.5. The van der Waals surface area contributed by atoms with Crippen LogP contribution in [-0.4, -0.2) is 89.0 Å². The highest BCUT2D eigenvalue weighted by Crippen LogP contribution is 2.56. The molecule has 5 amide bonds. The molecule has 0 bridgehead atoms. The zero-order valence-corrected chi connectivity index (χ0v) is 37.8. The van der Waals surface area contributed by atoms with E-state index < -0.39 is 46.7 Å². The lowest BCUT2D eigenvalue weighted by Crippen LogP contribution is -2.49. The third-order valence-corrected chi connectivity index (χ3v) is 14.5. The maximum Gasteiger partial charge on any atom is 0.329 e. The molecule has 9 rings (SSSR count). The predicted octanol–water partition coefficient (Wildman–Crippen LogP) is 7.17. The second-order valence-corrected chi connectivity index (χ2v) is 18.2. The summed E-state index contributed by atoms with van der Waals surface area (Å²) in [6.07, 6.45) is 3.90. The van der Waals surface area contributed by atoms with Crippen LogP contribution in [0.4, 0.5) is 23.8 Å². The van der Waals surface area contributed by atoms with Crippen molar-refractivity contribution < 1.29 is 46.9 Å². The number of halogens is 4. The number of ether oxygens (including phenoxy) is 2. The maximum absolute atomic E-state index is 16.5. The average molecular weight is 942 g/mol. The monoisotopic (exact) mass is 941 g/mol. The summed E-state index contributed by atoms with van der Waals surface area (Å²) in [6.45, 7) is 2.60. The van der Waals surface area contributed by atoms with Crippen molar-refractivity contribution in [3.05, 3.63) is 105 Å². The van der Waals surface area contributed by atoms with E-state index in [1.54, 1.807) is 17.8 Å². The summed E-state index contributed by atoms with van der Waals surface area (Å²) in [6, 6.07) is 15.5. The van der Waals surface area contributed by atoms with E-state index in [1.807, 2.05) is 42.2 Å². The SMILES string of the molecule is CC1c2c(cc(F)c(Cl)c2-c2c(C(N)=O)ccc(OCCO)c2F)OC1(CNC1CCC(C(=O)N2CCC(c3c(F)ccc4c(N5CCC(=O)NC5=O)nn(C)c34)CC2)CC1)c1ccccc1. The minimum Gasteiger partial charge on any atom is -0.488 e. The summed E-state index contributed by atoms with van der Waals surface area (Å²) >= 11 is 6.70. The number of aliphatic hydroxyl groups is 1. The lowest BCUT2D eigenvalue weighted by molar-refractivity contribution is -0.137. The van der Waals surface area contributed by atoms with Gasteiger partial charge in [0.1, 0.15) is 24.0 Å². The number of likely N-dealkylation sites (tertiary alicyclic amines) is 1. The van der Waals surface area contributed by atoms with E-state index in [2.05, 4.69) is 15.7 Å². The Morgan fingerprint density at radius 2 is 1.70 bits per heavy atom. The number of primary amides is 1. The fraction of sp³-hybridized carbons (Fsp3) is 0.408. The fourth-order valence-electron chi connectivity index (χ4n) is 10.7. The van der Waals surface area contributed by atoms with Crippen molar-refractivity contribution in [2.24, 2.45) is 18.7 Å². The van der Waals surface area contributed by atoms with E-state index in [0.29, 0.717) is 79.5 Å². The Kier molecular flexibility index (Phi) is 12.7. The Morgan fingerprint density at radius 3 is 2.39 bits per heavy atom. The van der Waals surface area contributed by atoms with Crippen molar-refractivity contribution in [1.82, 2.24) is 25.3 Å². The van der Waals surface area contributed by atoms with Gasteiger partial charge in [-0.25, -0.2) is 18.0 Å². The molecule has 0 radical (unpaired) electrons. The van der Waals surface area contributed by atoms with Gasteiger partial charge in [-0.2, -0.15) is 5.10 Å². The average Bonchev–Trinajstić information content (AvgIpc) is 3.80. The molecule has 14 nitrogen and oxygen atoms in total. The quantitative estimate of drug-likeness (QED) is 0.101. The third kappa shape index (κ3) is 8.24. The van der Waals surface area contributed by atoms with Crippen molar-refractivity contribution in [3.8, 4) is 22.6 Å². The highest BCUT2D eigenvalue weighted by molar-refractivity contribution is 6.34. The molecule has 67 heavy (non-hydrogen) atoms. The van der Waals surface area contributed by atoms with Gasteiger partial charge in [-0.3, -0.25) is 29.3 Å². The number of rotatable bonds is 12. The van der Waals surface area contributed by atoms with E-state index in [1.165, 1.54) is 29.2 Å². The van der Waals surface area contributed by atoms with Gasteiger partial charge >= 0.3 is 6.03 Å². The van der Waals surface area contributed by atoms with Crippen LogP contribution in [0, 0.1) is 23.4 Å². The molecule has 5 N–H and O–H groups in total. The van der Waals surface area contributed by atoms with Gasteiger partial charge < -0.3 is 30.5 Å². The van der Waals surface area contributed by atoms with Gasteiger partial charge in [-0.05, 0) is 74.3 Å². The number of fused-ring (bicyclic) bond motifs is 2. The number of piperidine rings is 1. The molecule has 4 aliphatic rings. The van der Waals surface area contributed by atoms with Gasteiger partial charge in [0.05, 0.1) is 22.7 Å². The molecule has 18 heteroatoms. The summed E-state index contributed by atoms with van der Waals surface area (Å²) in [4.78, 5) is 54.5. The highest BCUT2D eigenvalue weighted by Gasteiger charge is 2.50. The lowest BCUT2D eigenvalue weighted by atomic mass is 9.77. The number of hydrogen-bond donors (Lipinski definition) is 4. The van der Waals surface area contributed by atoms with Crippen LogP contribution >= 0.6 is 11.6 Å². The number of nitrogens with one attached hydrogen (secondary N) is 2. The van der Waals surface area contributed by atoms with Gasteiger partial charge in [0.25, 0.3) is 0 Å². The molecule has 0 spiro atoms. The molecule has 352 valence electrons. The normalized spacial score (nSPS) is 22.2. The molecule has 5 aromatic rings. The fourth-order valence-corrected chi connectivity index (χ4v) is 10.9. The first-order valence-electron chi connectivity index (χ1n) is 22.6. The van der Waals surface area contributed by atoms with Crippen LogP contribution < -0.4 is 30.7 Å². The number of hydrogen-bond acceptors (Lipinski definition) is 9. The molecule has 3 aliphatic heterocycles. The minimum atomic E-state index is -1.15. The molecule has 1 aliphatic carbocycles. The van der Waals surface area contributed by atoms with Crippen LogP contribution in [0.2, 0.25) is 5.02 Å². The number of carbonyl (C=O) groups is 4. The van der Waals surface area contributed by atoms with Crippen molar-refractivity contribution in [1.29, 1.82) is 0 Å². The van der Waals surface area contributed by atoms with Crippen LogP contribution in [0.25, 0.3) is 22.0 Å². The van der Waals surface area contributed by atoms with Gasteiger partial charge in [0, 0.05) is 91.2 Å². The summed E-state index contributed by atoms with van der Waals surface area (Å²) in [7, 11) is 1.71. The zero-order valence-electron chi connectivity index (χ0n) is 37.1. The van der Waals surface area contributed by atoms with E-state index in [4.69, 9.17) is 26.8 Å². The number of urea groups is 1. The first kappa shape index (κ1) is 46.0. The molecule has 2 saturated heterocycles. The van der Waals surface area contributed by atoms with E-state index in [0.717, 1.165) is 5.56 Å². The molecule has 2 unspecified atom stereocenters. The van der Waals surface area contributed by atoms with E-state index in [9.17, 15) is 24.3 Å². The molecular weight excluding hydrogens is 891 g/mol. The Balaban J connectivity index is 0.888. The van der Waals surface area contributed by atoms with Crippen LogP contribution in [-0.2, 0) is 22.2 Å². The summed E-state index contributed by atoms with van der Waals surface area (Å²) < 4.78 is 61.8. The van der Waals surface area contributed by atoms with Gasteiger partial charge in [0.2, 0.25) is 17.7 Å². The molecule has 4 aromatic carbocycles. The van der Waals surface area contributed by atoms with Crippen molar-refractivity contribution in [3.63, 3.8) is 0 Å². The Hall–Kier alpha value is -6.17. The topological polar surface area (TPSA) is 181 Å². The number of nitrogens with two attached hydrogens (primary N) is 1. The van der Waals surface area contributed by atoms with Crippen molar-refractivity contribution in [2.75, 3.05) is 44.3 Å². The first-order chi connectivity index (χ1) is 32.2. The number of imide groups is 1. The van der Waals surface area contributed by atoms with Gasteiger partial charge in [-0.1, -0.05) is 48.9 Å². The number of benzene rings is 4. The second-order valence-electron chi connectivity index (χ2n) is 17.9. The molecule has 1 aromatic heterocycles. The summed E-state index contributed by atoms with van der Waals surface area (Å²) in [5, 5.41) is 20.1. The number of anilines is 1. The third-order valence-electron chi connectivity index (χ3n) is 14.1. The lowest BCUT2D eigenvalue weighted by Gasteiger charge is -2.38. The largest absolute Gasteiger partial charge is 0.488 e. The van der Waals surface area contributed by atoms with Gasteiger partial charge in [0.15, 0.2) is 23.0 Å². The van der Waals surface area contributed by atoms with Crippen LogP contribution in [0.3, 0.4) is 0 Å². The molecule has 4 heterocycles.